The number of nitrogens with one attached hydrogen (secondary N) is 2. The molecule has 14 nitrogen and oxygen atoms in total. The van der Waals surface area contributed by atoms with Crippen molar-refractivity contribution in [2.45, 2.75) is 133 Å². The molecular formula is C31H51N7O7S. The van der Waals surface area contributed by atoms with Gasteiger partial charge < -0.3 is 36.2 Å². The minimum atomic E-state index is -1.61. The van der Waals surface area contributed by atoms with Crippen LogP contribution >= 0.6 is 11.8 Å². The highest BCUT2D eigenvalue weighted by atomic mass is 32.2. The molecular weight excluding hydrogens is 614 g/mol. The van der Waals surface area contributed by atoms with Crippen molar-refractivity contribution < 1.29 is 34.1 Å². The number of hydrogen-bond acceptors (Lipinski definition) is 10. The second-order valence-electron chi connectivity index (χ2n) is 14.5. The second kappa shape index (κ2) is 14.5. The Morgan fingerprint density at radius 3 is 2.37 bits per heavy atom. The molecule has 4 rings (SSSR count). The average molecular weight is 666 g/mol. The number of carbonyl (C=O) groups excluding carboxylic acids is 4. The van der Waals surface area contributed by atoms with E-state index in [2.05, 4.69) is 20.9 Å². The zero-order chi connectivity index (χ0) is 33.9. The fraction of sp³-hybridized carbons (Fsp3) is 0.806. The van der Waals surface area contributed by atoms with Gasteiger partial charge in [-0.3, -0.25) is 14.4 Å². The molecule has 3 fully saturated rings. The number of thioether (sulfide) groups is 1. The Hall–Kier alpha value is -2.91. The van der Waals surface area contributed by atoms with Gasteiger partial charge in [0.15, 0.2) is 6.10 Å². The number of carbonyl (C=O) groups is 4. The molecule has 1 aliphatic carbocycles. The Bertz CT molecular complexity index is 1250. The summed E-state index contributed by atoms with van der Waals surface area (Å²) in [5.74, 6) is -0.477. The van der Waals surface area contributed by atoms with Crippen molar-refractivity contribution in [2.75, 3.05) is 18.1 Å². The molecule has 6 N–H and O–H groups in total. The van der Waals surface area contributed by atoms with Gasteiger partial charge in [-0.2, -0.15) is 11.8 Å². The lowest BCUT2D eigenvalue weighted by molar-refractivity contribution is -0.143. The van der Waals surface area contributed by atoms with Crippen LogP contribution in [0.15, 0.2) is 6.20 Å². The number of aromatic nitrogens is 3. The monoisotopic (exact) mass is 665 g/mol. The van der Waals surface area contributed by atoms with E-state index in [1.54, 1.807) is 46.4 Å². The van der Waals surface area contributed by atoms with E-state index in [0.717, 1.165) is 32.1 Å². The van der Waals surface area contributed by atoms with Gasteiger partial charge in [-0.1, -0.05) is 37.3 Å². The second-order valence-corrected chi connectivity index (χ2v) is 15.7. The molecule has 0 spiro atoms. The molecule has 46 heavy (non-hydrogen) atoms. The third-order valence-corrected chi connectivity index (χ3v) is 10.2. The third-order valence-electron chi connectivity index (χ3n) is 9.25. The summed E-state index contributed by atoms with van der Waals surface area (Å²) in [5, 5.41) is 35.6. The largest absolute Gasteiger partial charge is 0.444 e. The van der Waals surface area contributed by atoms with E-state index in [4.69, 9.17) is 10.5 Å². The van der Waals surface area contributed by atoms with Gasteiger partial charge in [0.05, 0.1) is 23.5 Å². The topological polar surface area (TPSA) is 202 Å². The Balaban J connectivity index is 1.68. The van der Waals surface area contributed by atoms with E-state index in [1.165, 1.54) is 15.8 Å². The van der Waals surface area contributed by atoms with Gasteiger partial charge in [0.2, 0.25) is 17.7 Å². The summed E-state index contributed by atoms with van der Waals surface area (Å²) in [6.07, 6.45) is 5.40. The van der Waals surface area contributed by atoms with Crippen LogP contribution in [-0.4, -0.2) is 101 Å². The van der Waals surface area contributed by atoms with Gasteiger partial charge in [0.25, 0.3) is 0 Å². The smallest absolute Gasteiger partial charge is 0.408 e. The van der Waals surface area contributed by atoms with Crippen molar-refractivity contribution >= 4 is 35.6 Å². The Kier molecular flexibility index (Phi) is 11.3. The predicted molar refractivity (Wildman–Crippen MR) is 171 cm³/mol. The summed E-state index contributed by atoms with van der Waals surface area (Å²) >= 11 is 1.65. The molecule has 4 atom stereocenters. The molecule has 1 aromatic rings. The lowest BCUT2D eigenvalue weighted by Crippen LogP contribution is -2.65. The van der Waals surface area contributed by atoms with Crippen LogP contribution in [0.2, 0.25) is 0 Å². The first-order chi connectivity index (χ1) is 21.5. The summed E-state index contributed by atoms with van der Waals surface area (Å²) in [5.41, 5.74) is 2.58. The first-order valence-electron chi connectivity index (χ1n) is 16.3. The summed E-state index contributed by atoms with van der Waals surface area (Å²) < 4.78 is 7.05. The van der Waals surface area contributed by atoms with Crippen molar-refractivity contribution in [1.29, 1.82) is 0 Å². The zero-order valence-corrected chi connectivity index (χ0v) is 28.5. The highest BCUT2D eigenvalue weighted by molar-refractivity contribution is 7.99. The molecule has 4 amide bonds. The van der Waals surface area contributed by atoms with Crippen LogP contribution in [0.3, 0.4) is 0 Å². The number of primary amides is 1. The summed E-state index contributed by atoms with van der Waals surface area (Å²) in [4.78, 5) is 55.3. The molecule has 2 aliphatic heterocycles. The van der Waals surface area contributed by atoms with E-state index < -0.39 is 64.8 Å². The average Bonchev–Trinajstić information content (AvgIpc) is 3.64. The number of amides is 4. The lowest BCUT2D eigenvalue weighted by atomic mass is 9.84. The lowest BCUT2D eigenvalue weighted by Gasteiger charge is -2.41. The van der Waals surface area contributed by atoms with Crippen LogP contribution in [0.4, 0.5) is 4.79 Å². The van der Waals surface area contributed by atoms with E-state index >= 15 is 0 Å². The number of likely N-dealkylation sites (tertiary alicyclic amines) is 1. The molecule has 0 bridgehead atoms. The maximum absolute atomic E-state index is 14.5. The predicted octanol–water partition coefficient (Wildman–Crippen LogP) is 1.74. The van der Waals surface area contributed by atoms with E-state index in [-0.39, 0.29) is 18.9 Å². The van der Waals surface area contributed by atoms with E-state index in [0.29, 0.717) is 36.5 Å². The first kappa shape index (κ1) is 35.9. The number of nitrogens with zero attached hydrogens (tertiary/aromatic N) is 4. The molecule has 1 saturated carbocycles. The van der Waals surface area contributed by atoms with Gasteiger partial charge in [-0.05, 0) is 71.3 Å². The molecule has 258 valence electrons. The molecule has 2 unspecified atom stereocenters. The van der Waals surface area contributed by atoms with Crippen LogP contribution in [-0.2, 0) is 24.7 Å². The fourth-order valence-electron chi connectivity index (χ4n) is 6.87. The number of hydrogen-bond donors (Lipinski definition) is 5. The highest BCUT2D eigenvalue weighted by Gasteiger charge is 2.49. The van der Waals surface area contributed by atoms with Crippen molar-refractivity contribution in [3.8, 4) is 0 Å². The van der Waals surface area contributed by atoms with Crippen molar-refractivity contribution in [1.82, 2.24) is 30.5 Å². The molecule has 15 heteroatoms. The van der Waals surface area contributed by atoms with E-state index in [9.17, 15) is 29.4 Å². The molecule has 1 aromatic heterocycles. The standard InChI is InChI=1S/C31H51N7O7S/c1-29(2,3)45-28(43)34-21(15-19-9-7-6-8-10-19)27(42)37-18-20(38-23(17-33-36-38)30(4,5)44)16-22(37)26(41)35-31(24(39)25(32)40)11-13-46-14-12-31/h17,19-22,24,39,44H,6-16,18H2,1-5H3,(H2,32,40)(H,34,43)(H,35,41)/t20-,21?,22-,24?/m0/s1. The van der Waals surface area contributed by atoms with Gasteiger partial charge in [0.1, 0.15) is 23.3 Å². The molecule has 0 aromatic carbocycles. The number of aliphatic hydroxyl groups is 2. The Morgan fingerprint density at radius 1 is 1.13 bits per heavy atom. The van der Waals surface area contributed by atoms with Gasteiger partial charge >= 0.3 is 6.09 Å². The van der Waals surface area contributed by atoms with Crippen LogP contribution < -0.4 is 16.4 Å². The van der Waals surface area contributed by atoms with E-state index in [1.807, 2.05) is 0 Å². The minimum absolute atomic E-state index is 0.0573. The molecule has 3 aliphatic rings. The number of ether oxygens (including phenoxy) is 1. The van der Waals surface area contributed by atoms with Crippen molar-refractivity contribution in [3.05, 3.63) is 11.9 Å². The Labute approximate surface area is 274 Å². The van der Waals surface area contributed by atoms with Crippen molar-refractivity contribution in [3.63, 3.8) is 0 Å². The molecule has 2 saturated heterocycles. The summed E-state index contributed by atoms with van der Waals surface area (Å²) in [7, 11) is 0. The number of alkyl carbamates (subject to hydrolysis) is 1. The number of rotatable bonds is 10. The van der Waals surface area contributed by atoms with Crippen LogP contribution in [0, 0.1) is 5.92 Å². The van der Waals surface area contributed by atoms with Gasteiger partial charge in [-0.25, -0.2) is 9.48 Å². The summed E-state index contributed by atoms with van der Waals surface area (Å²) in [6, 6.07) is -2.51. The third kappa shape index (κ3) is 8.71. The Morgan fingerprint density at radius 2 is 1.78 bits per heavy atom. The summed E-state index contributed by atoms with van der Waals surface area (Å²) in [6.45, 7) is 8.50. The molecule has 0 radical (unpaired) electrons. The maximum atomic E-state index is 14.5. The molecule has 3 heterocycles. The zero-order valence-electron chi connectivity index (χ0n) is 27.7. The minimum Gasteiger partial charge on any atom is -0.444 e. The maximum Gasteiger partial charge on any atom is 0.408 e. The highest BCUT2D eigenvalue weighted by Crippen LogP contribution is 2.35. The van der Waals surface area contributed by atoms with Crippen LogP contribution in [0.5, 0.6) is 0 Å². The quantitative estimate of drug-likeness (QED) is 0.245. The van der Waals surface area contributed by atoms with Crippen LogP contribution in [0.25, 0.3) is 0 Å². The van der Waals surface area contributed by atoms with Crippen LogP contribution in [0.1, 0.15) is 104 Å². The first-order valence-corrected chi connectivity index (χ1v) is 17.5. The fourth-order valence-corrected chi connectivity index (χ4v) is 8.09. The SMILES string of the molecule is CC(C)(C)OC(=O)NC(CC1CCCCC1)C(=O)N1C[C@@H](n2nncc2C(C)(C)O)C[C@H]1C(=O)NC1(C(O)C(N)=O)CCSCC1. The number of nitrogens with two attached hydrogens (primary N) is 1. The normalized spacial score (nSPS) is 23.8. The van der Waals surface area contributed by atoms with Gasteiger partial charge in [-0.15, -0.1) is 5.10 Å². The van der Waals surface area contributed by atoms with Gasteiger partial charge in [0, 0.05) is 13.0 Å². The van der Waals surface area contributed by atoms with Crippen molar-refractivity contribution in [2.24, 2.45) is 11.7 Å². The number of aliphatic hydroxyl groups excluding tert-OH is 1.